The Morgan fingerprint density at radius 1 is 0.696 bits per heavy atom. The van der Waals surface area contributed by atoms with E-state index in [4.69, 9.17) is 9.47 Å². The molecule has 23 heavy (non-hydrogen) atoms. The van der Waals surface area contributed by atoms with E-state index in [0.717, 1.165) is 11.1 Å². The summed E-state index contributed by atoms with van der Waals surface area (Å²) in [7, 11) is 0. The number of carbonyl (C=O) groups is 2. The quantitative estimate of drug-likeness (QED) is 0.462. The van der Waals surface area contributed by atoms with Crippen molar-refractivity contribution in [2.75, 3.05) is 0 Å². The molecular weight excluding hydrogens is 292 g/mol. The zero-order chi connectivity index (χ0) is 16.3. The van der Waals surface area contributed by atoms with Crippen molar-refractivity contribution in [1.82, 2.24) is 0 Å². The molecule has 2 aromatic carbocycles. The molecule has 4 heteroatoms. The fraction of sp³-hybridized carbons (Fsp3) is 0.0526. The fourth-order valence-corrected chi connectivity index (χ4v) is 1.71. The maximum Gasteiger partial charge on any atom is 0.321 e. The number of ether oxygens (including phenoxy) is 2. The van der Waals surface area contributed by atoms with Crippen molar-refractivity contribution in [3.63, 3.8) is 0 Å². The van der Waals surface area contributed by atoms with Gasteiger partial charge in [-0.3, -0.25) is 9.59 Å². The van der Waals surface area contributed by atoms with Crippen LogP contribution in [0.25, 0.3) is 12.2 Å². The molecule has 0 radical (unpaired) electrons. The average molecular weight is 308 g/mol. The van der Waals surface area contributed by atoms with Crippen LogP contribution in [0.5, 0.6) is 0 Å². The number of carbonyl (C=O) groups excluding carboxylic acids is 2. The molecule has 2 aromatic rings. The van der Waals surface area contributed by atoms with Gasteiger partial charge < -0.3 is 9.47 Å². The van der Waals surface area contributed by atoms with E-state index in [1.54, 1.807) is 12.2 Å². The molecule has 0 aromatic heterocycles. The Bertz CT molecular complexity index is 626. The topological polar surface area (TPSA) is 52.6 Å². The molecule has 0 saturated heterocycles. The van der Waals surface area contributed by atoms with Gasteiger partial charge in [-0.2, -0.15) is 0 Å². The maximum absolute atomic E-state index is 11.5. The summed E-state index contributed by atoms with van der Waals surface area (Å²) in [6.45, 7) is 0. The van der Waals surface area contributed by atoms with Gasteiger partial charge in [0.05, 0.1) is 12.5 Å². The summed E-state index contributed by atoms with van der Waals surface area (Å²) in [5, 5.41) is 0. The average Bonchev–Trinajstić information content (AvgIpc) is 2.57. The van der Waals surface area contributed by atoms with Gasteiger partial charge in [0.2, 0.25) is 0 Å². The summed E-state index contributed by atoms with van der Waals surface area (Å²) in [6, 6.07) is 18.7. The molecule has 0 aliphatic rings. The van der Waals surface area contributed by atoms with Crippen molar-refractivity contribution in [2.24, 2.45) is 0 Å². The minimum Gasteiger partial charge on any atom is -0.434 e. The standard InChI is InChI=1S/C19H16O4/c20-18(22-13-11-16-7-3-1-4-8-16)15-19(21)23-14-12-17-9-5-2-6-10-17/h1-14H,15H2. The van der Waals surface area contributed by atoms with Gasteiger partial charge in [-0.05, 0) is 23.3 Å². The molecule has 4 nitrogen and oxygen atoms in total. The summed E-state index contributed by atoms with van der Waals surface area (Å²) in [5.41, 5.74) is 1.79. The molecule has 0 bridgehead atoms. The third-order valence-corrected chi connectivity index (χ3v) is 2.81. The third-order valence-electron chi connectivity index (χ3n) is 2.81. The normalized spacial score (nSPS) is 10.8. The third kappa shape index (κ3) is 6.44. The van der Waals surface area contributed by atoms with Crippen molar-refractivity contribution in [3.05, 3.63) is 84.3 Å². The van der Waals surface area contributed by atoms with Crippen molar-refractivity contribution < 1.29 is 19.1 Å². The molecule has 0 aliphatic carbocycles. The number of esters is 2. The van der Waals surface area contributed by atoms with Gasteiger partial charge in [-0.1, -0.05) is 60.7 Å². The zero-order valence-corrected chi connectivity index (χ0v) is 12.4. The van der Waals surface area contributed by atoms with Gasteiger partial charge in [0.15, 0.2) is 0 Å². The Morgan fingerprint density at radius 2 is 1.09 bits per heavy atom. The Hall–Kier alpha value is -3.14. The van der Waals surface area contributed by atoms with Gasteiger partial charge >= 0.3 is 11.9 Å². The second-order valence-corrected chi connectivity index (χ2v) is 4.58. The van der Waals surface area contributed by atoms with Crippen LogP contribution in [0.1, 0.15) is 17.5 Å². The SMILES string of the molecule is O=C(CC(=O)OC=Cc1ccccc1)OC=Cc1ccccc1. The van der Waals surface area contributed by atoms with Gasteiger partial charge in [0.25, 0.3) is 0 Å². The fourth-order valence-electron chi connectivity index (χ4n) is 1.71. The predicted octanol–water partition coefficient (Wildman–Crippen LogP) is 3.80. The molecule has 2 rings (SSSR count). The first-order valence-electron chi connectivity index (χ1n) is 7.06. The summed E-state index contributed by atoms with van der Waals surface area (Å²) in [4.78, 5) is 23.0. The highest BCUT2D eigenvalue weighted by Gasteiger charge is 2.10. The lowest BCUT2D eigenvalue weighted by Crippen LogP contribution is -2.09. The predicted molar refractivity (Wildman–Crippen MR) is 87.8 cm³/mol. The highest BCUT2D eigenvalue weighted by atomic mass is 16.5. The zero-order valence-electron chi connectivity index (χ0n) is 12.4. The molecule has 0 spiro atoms. The first-order valence-corrected chi connectivity index (χ1v) is 7.06. The summed E-state index contributed by atoms with van der Waals surface area (Å²) < 4.78 is 9.67. The van der Waals surface area contributed by atoms with Crippen LogP contribution in [0.2, 0.25) is 0 Å². The number of benzene rings is 2. The number of hydrogen-bond donors (Lipinski definition) is 0. The van der Waals surface area contributed by atoms with Gasteiger partial charge in [-0.15, -0.1) is 0 Å². The van der Waals surface area contributed by atoms with Crippen LogP contribution in [0.15, 0.2) is 73.2 Å². The maximum atomic E-state index is 11.5. The van der Waals surface area contributed by atoms with Crippen LogP contribution in [-0.2, 0) is 19.1 Å². The second kappa shape index (κ2) is 9.00. The molecule has 0 saturated carbocycles. The van der Waals surface area contributed by atoms with E-state index in [2.05, 4.69) is 0 Å². The monoisotopic (exact) mass is 308 g/mol. The molecule has 0 atom stereocenters. The van der Waals surface area contributed by atoms with E-state index in [1.165, 1.54) is 12.5 Å². The molecular formula is C19H16O4. The summed E-state index contributed by atoms with van der Waals surface area (Å²) >= 11 is 0. The highest BCUT2D eigenvalue weighted by molar-refractivity contribution is 5.91. The largest absolute Gasteiger partial charge is 0.434 e. The lowest BCUT2D eigenvalue weighted by Gasteiger charge is -1.99. The number of hydrogen-bond acceptors (Lipinski definition) is 4. The summed E-state index contributed by atoms with van der Waals surface area (Å²) in [6.07, 6.45) is 5.34. The van der Waals surface area contributed by atoms with Gasteiger partial charge in [-0.25, -0.2) is 0 Å². The van der Waals surface area contributed by atoms with Crippen molar-refractivity contribution in [2.45, 2.75) is 6.42 Å². The van der Waals surface area contributed by atoms with Gasteiger partial charge in [0, 0.05) is 0 Å². The lowest BCUT2D eigenvalue weighted by molar-refractivity contribution is -0.148. The van der Waals surface area contributed by atoms with E-state index in [9.17, 15) is 9.59 Å². The van der Waals surface area contributed by atoms with Crippen LogP contribution in [-0.4, -0.2) is 11.9 Å². The lowest BCUT2D eigenvalue weighted by atomic mass is 10.2. The van der Waals surface area contributed by atoms with Crippen molar-refractivity contribution in [1.29, 1.82) is 0 Å². The van der Waals surface area contributed by atoms with Gasteiger partial charge in [0.1, 0.15) is 6.42 Å². The molecule has 0 aliphatic heterocycles. The van der Waals surface area contributed by atoms with Crippen molar-refractivity contribution in [3.8, 4) is 0 Å². The van der Waals surface area contributed by atoms with Crippen LogP contribution < -0.4 is 0 Å². The van der Waals surface area contributed by atoms with E-state index >= 15 is 0 Å². The van der Waals surface area contributed by atoms with E-state index in [-0.39, 0.29) is 0 Å². The number of rotatable bonds is 6. The Balaban J connectivity index is 1.71. The van der Waals surface area contributed by atoms with E-state index < -0.39 is 18.4 Å². The highest BCUT2D eigenvalue weighted by Crippen LogP contribution is 2.03. The smallest absolute Gasteiger partial charge is 0.321 e. The molecule has 0 heterocycles. The Morgan fingerprint density at radius 3 is 1.48 bits per heavy atom. The molecule has 0 amide bonds. The van der Waals surface area contributed by atoms with E-state index in [1.807, 2.05) is 60.7 Å². The molecule has 0 N–H and O–H groups in total. The van der Waals surface area contributed by atoms with E-state index in [0.29, 0.717) is 0 Å². The molecule has 0 fully saturated rings. The first-order chi connectivity index (χ1) is 11.2. The van der Waals surface area contributed by atoms with Crippen LogP contribution >= 0.6 is 0 Å². The van der Waals surface area contributed by atoms with Crippen LogP contribution in [0, 0.1) is 0 Å². The minimum atomic E-state index is -0.671. The minimum absolute atomic E-state index is 0.446. The molecule has 116 valence electrons. The summed E-state index contributed by atoms with van der Waals surface area (Å²) in [5.74, 6) is -1.34. The Labute approximate surface area is 134 Å². The van der Waals surface area contributed by atoms with Crippen molar-refractivity contribution >= 4 is 24.1 Å². The second-order valence-electron chi connectivity index (χ2n) is 4.58. The van der Waals surface area contributed by atoms with Crippen LogP contribution in [0.4, 0.5) is 0 Å². The molecule has 0 unspecified atom stereocenters. The first kappa shape index (κ1) is 16.2. The van der Waals surface area contributed by atoms with Crippen LogP contribution in [0.3, 0.4) is 0 Å². The Kier molecular flexibility index (Phi) is 6.35.